The number of aromatic nitrogens is 2. The molecule has 1 heterocycles. The molecule has 23 heavy (non-hydrogen) atoms. The summed E-state index contributed by atoms with van der Waals surface area (Å²) in [6, 6.07) is 19.0. The Bertz CT molecular complexity index is 833. The van der Waals surface area contributed by atoms with Gasteiger partial charge in [-0.3, -0.25) is 10.1 Å². The van der Waals surface area contributed by atoms with Gasteiger partial charge in [0.25, 0.3) is 0 Å². The monoisotopic (exact) mass is 323 g/mol. The van der Waals surface area contributed by atoms with Crippen LogP contribution in [0.4, 0.5) is 5.95 Å². The predicted octanol–water partition coefficient (Wildman–Crippen LogP) is 4.42. The van der Waals surface area contributed by atoms with Gasteiger partial charge in [0.15, 0.2) is 0 Å². The van der Waals surface area contributed by atoms with Crippen molar-refractivity contribution in [2.75, 3.05) is 5.32 Å². The smallest absolute Gasteiger partial charge is 0.230 e. The minimum Gasteiger partial charge on any atom is -0.295 e. The first-order valence-electron chi connectivity index (χ1n) is 7.10. The number of halogens is 1. The zero-order valence-electron chi connectivity index (χ0n) is 12.5. The maximum absolute atomic E-state index is 11.3. The first-order chi connectivity index (χ1) is 11.1. The molecule has 3 aromatic rings. The van der Waals surface area contributed by atoms with Gasteiger partial charge in [-0.1, -0.05) is 54.1 Å². The zero-order chi connectivity index (χ0) is 16.2. The fraction of sp³-hybridized carbons (Fsp3) is 0.0556. The van der Waals surface area contributed by atoms with Gasteiger partial charge in [0, 0.05) is 23.1 Å². The number of carbonyl (C=O) groups is 1. The van der Waals surface area contributed by atoms with E-state index in [1.54, 1.807) is 12.1 Å². The summed E-state index contributed by atoms with van der Waals surface area (Å²) in [7, 11) is 0. The maximum Gasteiger partial charge on any atom is 0.230 e. The van der Waals surface area contributed by atoms with Crippen LogP contribution in [0.1, 0.15) is 6.92 Å². The Morgan fingerprint density at radius 1 is 0.913 bits per heavy atom. The number of hydrogen-bond donors (Lipinski definition) is 1. The van der Waals surface area contributed by atoms with Crippen LogP contribution in [-0.2, 0) is 4.79 Å². The van der Waals surface area contributed by atoms with Crippen LogP contribution in [0.2, 0.25) is 5.02 Å². The summed E-state index contributed by atoms with van der Waals surface area (Å²) in [4.78, 5) is 20.2. The van der Waals surface area contributed by atoms with Crippen molar-refractivity contribution in [3.05, 3.63) is 65.7 Å². The molecule has 0 atom stereocenters. The molecule has 0 spiro atoms. The number of nitrogens with zero attached hydrogens (tertiary/aromatic N) is 2. The van der Waals surface area contributed by atoms with Crippen molar-refractivity contribution in [2.24, 2.45) is 0 Å². The first kappa shape index (κ1) is 15.2. The van der Waals surface area contributed by atoms with Gasteiger partial charge in [-0.2, -0.15) is 0 Å². The second-order valence-corrected chi connectivity index (χ2v) is 5.45. The number of anilines is 1. The van der Waals surface area contributed by atoms with E-state index in [9.17, 15) is 4.79 Å². The molecule has 3 rings (SSSR count). The third-order valence-corrected chi connectivity index (χ3v) is 3.48. The van der Waals surface area contributed by atoms with E-state index in [1.807, 2.05) is 48.5 Å². The molecule has 0 aliphatic carbocycles. The lowest BCUT2D eigenvalue weighted by Crippen LogP contribution is -2.10. The molecule has 0 saturated heterocycles. The molecular formula is C18H14ClN3O. The molecule has 2 aromatic carbocycles. The molecule has 1 N–H and O–H groups in total. The highest BCUT2D eigenvalue weighted by atomic mass is 35.5. The number of hydrogen-bond acceptors (Lipinski definition) is 3. The molecule has 114 valence electrons. The van der Waals surface area contributed by atoms with Gasteiger partial charge in [0.1, 0.15) is 0 Å². The van der Waals surface area contributed by atoms with Crippen LogP contribution in [0.5, 0.6) is 0 Å². The van der Waals surface area contributed by atoms with Crippen molar-refractivity contribution in [3.63, 3.8) is 0 Å². The van der Waals surface area contributed by atoms with E-state index in [1.165, 1.54) is 6.92 Å². The number of amides is 1. The molecule has 5 heteroatoms. The summed E-state index contributed by atoms with van der Waals surface area (Å²) in [5.41, 5.74) is 3.32. The minimum absolute atomic E-state index is 0.211. The van der Waals surface area contributed by atoms with Crippen molar-refractivity contribution in [1.82, 2.24) is 9.97 Å². The number of benzene rings is 2. The maximum atomic E-state index is 11.3. The SMILES string of the molecule is CC(=O)Nc1nc(-c2ccccc2)cc(-c2ccc(Cl)cc2)n1. The largest absolute Gasteiger partial charge is 0.295 e. The minimum atomic E-state index is -0.211. The third kappa shape index (κ3) is 3.73. The van der Waals surface area contributed by atoms with Gasteiger partial charge in [-0.05, 0) is 18.2 Å². The molecule has 0 aliphatic heterocycles. The Morgan fingerprint density at radius 3 is 2.04 bits per heavy atom. The number of carbonyl (C=O) groups excluding carboxylic acids is 1. The highest BCUT2D eigenvalue weighted by Gasteiger charge is 2.09. The standard InChI is InChI=1S/C18H14ClN3O/c1-12(23)20-18-21-16(13-5-3-2-4-6-13)11-17(22-18)14-7-9-15(19)10-8-14/h2-11H,1H3,(H,20,21,22,23). The molecule has 4 nitrogen and oxygen atoms in total. The van der Waals surface area contributed by atoms with Gasteiger partial charge in [0.2, 0.25) is 11.9 Å². The van der Waals surface area contributed by atoms with Crippen molar-refractivity contribution in [3.8, 4) is 22.5 Å². The zero-order valence-corrected chi connectivity index (χ0v) is 13.2. The fourth-order valence-electron chi connectivity index (χ4n) is 2.19. The van der Waals surface area contributed by atoms with Crippen LogP contribution in [-0.4, -0.2) is 15.9 Å². The second-order valence-electron chi connectivity index (χ2n) is 5.02. The van der Waals surface area contributed by atoms with Crippen molar-refractivity contribution >= 4 is 23.5 Å². The van der Waals surface area contributed by atoms with Crippen LogP contribution in [0, 0.1) is 0 Å². The average Bonchev–Trinajstić information content (AvgIpc) is 2.55. The number of nitrogens with one attached hydrogen (secondary N) is 1. The van der Waals surface area contributed by atoms with Crippen LogP contribution >= 0.6 is 11.6 Å². The molecule has 0 saturated carbocycles. The van der Waals surface area contributed by atoms with Gasteiger partial charge >= 0.3 is 0 Å². The van der Waals surface area contributed by atoms with Crippen molar-refractivity contribution in [1.29, 1.82) is 0 Å². The molecule has 0 fully saturated rings. The Balaban J connectivity index is 2.11. The topological polar surface area (TPSA) is 54.9 Å². The van der Waals surface area contributed by atoms with Crippen LogP contribution in [0.25, 0.3) is 22.5 Å². The Kier molecular flexibility index (Phi) is 4.35. The lowest BCUT2D eigenvalue weighted by molar-refractivity contribution is -0.114. The summed E-state index contributed by atoms with van der Waals surface area (Å²) in [5.74, 6) is 0.0704. The van der Waals surface area contributed by atoms with E-state index in [0.717, 1.165) is 22.5 Å². The van der Waals surface area contributed by atoms with E-state index in [-0.39, 0.29) is 11.9 Å². The summed E-state index contributed by atoms with van der Waals surface area (Å²) in [6.07, 6.45) is 0. The predicted molar refractivity (Wildman–Crippen MR) is 92.2 cm³/mol. The quantitative estimate of drug-likeness (QED) is 0.776. The van der Waals surface area contributed by atoms with Crippen LogP contribution < -0.4 is 5.32 Å². The van der Waals surface area contributed by atoms with E-state index in [0.29, 0.717) is 5.02 Å². The molecule has 0 aliphatic rings. The highest BCUT2D eigenvalue weighted by Crippen LogP contribution is 2.26. The highest BCUT2D eigenvalue weighted by molar-refractivity contribution is 6.30. The normalized spacial score (nSPS) is 10.3. The van der Waals surface area contributed by atoms with E-state index < -0.39 is 0 Å². The molecule has 0 unspecified atom stereocenters. The number of rotatable bonds is 3. The van der Waals surface area contributed by atoms with E-state index in [4.69, 9.17) is 11.6 Å². The summed E-state index contributed by atoms with van der Waals surface area (Å²) >= 11 is 5.94. The summed E-state index contributed by atoms with van der Waals surface area (Å²) in [5, 5.41) is 3.31. The Labute approximate surface area is 139 Å². The van der Waals surface area contributed by atoms with Crippen LogP contribution in [0.15, 0.2) is 60.7 Å². The third-order valence-electron chi connectivity index (χ3n) is 3.22. The Morgan fingerprint density at radius 2 is 1.48 bits per heavy atom. The van der Waals surface area contributed by atoms with Crippen LogP contribution in [0.3, 0.4) is 0 Å². The lowest BCUT2D eigenvalue weighted by atomic mass is 10.1. The molecule has 1 amide bonds. The fourth-order valence-corrected chi connectivity index (χ4v) is 2.31. The van der Waals surface area contributed by atoms with Gasteiger partial charge in [0.05, 0.1) is 11.4 Å². The van der Waals surface area contributed by atoms with E-state index >= 15 is 0 Å². The average molecular weight is 324 g/mol. The molecule has 1 aromatic heterocycles. The van der Waals surface area contributed by atoms with Crippen molar-refractivity contribution < 1.29 is 4.79 Å². The Hall–Kier alpha value is -2.72. The first-order valence-corrected chi connectivity index (χ1v) is 7.47. The second kappa shape index (κ2) is 6.58. The van der Waals surface area contributed by atoms with Gasteiger partial charge in [-0.25, -0.2) is 9.97 Å². The lowest BCUT2D eigenvalue weighted by Gasteiger charge is -2.09. The van der Waals surface area contributed by atoms with Crippen molar-refractivity contribution in [2.45, 2.75) is 6.92 Å². The summed E-state index contributed by atoms with van der Waals surface area (Å²) < 4.78 is 0. The van der Waals surface area contributed by atoms with E-state index in [2.05, 4.69) is 15.3 Å². The van der Waals surface area contributed by atoms with Gasteiger partial charge < -0.3 is 0 Å². The summed E-state index contributed by atoms with van der Waals surface area (Å²) in [6.45, 7) is 1.43. The molecular weight excluding hydrogens is 310 g/mol. The van der Waals surface area contributed by atoms with Gasteiger partial charge in [-0.15, -0.1) is 0 Å². The molecule has 0 radical (unpaired) electrons. The molecule has 0 bridgehead atoms.